The normalized spacial score (nSPS) is 14.6. The van der Waals surface area contributed by atoms with Crippen molar-refractivity contribution in [3.05, 3.63) is 85.7 Å². The van der Waals surface area contributed by atoms with Crippen LogP contribution in [0.4, 0.5) is 5.69 Å². The van der Waals surface area contributed by atoms with Crippen LogP contribution in [0, 0.1) is 0 Å². The lowest BCUT2D eigenvalue weighted by atomic mass is 10.2. The first-order valence-electron chi connectivity index (χ1n) is 10.2. The third-order valence-electron chi connectivity index (χ3n) is 4.86. The molecule has 164 valence electrons. The van der Waals surface area contributed by atoms with Crippen LogP contribution >= 0.6 is 11.8 Å². The lowest BCUT2D eigenvalue weighted by molar-refractivity contribution is -0.116. The molecule has 0 spiro atoms. The maximum absolute atomic E-state index is 13.0. The molecule has 3 aromatic rings. The van der Waals surface area contributed by atoms with Crippen LogP contribution in [0.5, 0.6) is 11.5 Å². The molecule has 32 heavy (non-hydrogen) atoms. The number of aromatic nitrogens is 3. The van der Waals surface area contributed by atoms with Crippen LogP contribution in [0.25, 0.3) is 0 Å². The second kappa shape index (κ2) is 10.2. The van der Waals surface area contributed by atoms with Gasteiger partial charge in [0.05, 0.1) is 5.75 Å². The Morgan fingerprint density at radius 2 is 1.84 bits per heavy atom. The minimum atomic E-state index is -0.399. The monoisotopic (exact) mass is 448 g/mol. The molecule has 0 unspecified atom stereocenters. The summed E-state index contributed by atoms with van der Waals surface area (Å²) >= 11 is 1.33. The van der Waals surface area contributed by atoms with Crippen molar-refractivity contribution in [2.45, 2.75) is 17.8 Å². The minimum Gasteiger partial charge on any atom is -0.485 e. The van der Waals surface area contributed by atoms with E-state index in [1.54, 1.807) is 17.1 Å². The lowest BCUT2D eigenvalue weighted by Crippen LogP contribution is -2.32. The number of hydrogen-bond donors (Lipinski definition) is 0. The molecule has 0 saturated carbocycles. The van der Waals surface area contributed by atoms with Crippen molar-refractivity contribution in [3.8, 4) is 11.5 Å². The average molecular weight is 449 g/mol. The van der Waals surface area contributed by atoms with E-state index in [1.807, 2.05) is 59.2 Å². The summed E-state index contributed by atoms with van der Waals surface area (Å²) in [5.41, 5.74) is 0.831. The molecule has 8 heteroatoms. The largest absolute Gasteiger partial charge is 0.485 e. The molecule has 1 aromatic heterocycles. The molecule has 2 aromatic carbocycles. The molecule has 0 fully saturated rings. The molecular formula is C24H24N4O3S. The molecular weight excluding hydrogens is 424 g/mol. The summed E-state index contributed by atoms with van der Waals surface area (Å²) in [5.74, 6) is 2.19. The highest BCUT2D eigenvalue weighted by atomic mass is 32.2. The van der Waals surface area contributed by atoms with E-state index in [9.17, 15) is 4.79 Å². The molecule has 0 radical (unpaired) electrons. The summed E-state index contributed by atoms with van der Waals surface area (Å²) in [6, 6.07) is 17.1. The van der Waals surface area contributed by atoms with Gasteiger partial charge < -0.3 is 14.4 Å². The van der Waals surface area contributed by atoms with Gasteiger partial charge in [0.25, 0.3) is 0 Å². The topological polar surface area (TPSA) is 69.5 Å². The zero-order chi connectivity index (χ0) is 22.3. The number of anilines is 1. The highest BCUT2D eigenvalue weighted by molar-refractivity contribution is 7.99. The number of allylic oxidation sites excluding steroid dienone is 1. The third-order valence-corrected chi connectivity index (χ3v) is 5.81. The number of para-hydroxylation sites is 3. The van der Waals surface area contributed by atoms with Crippen molar-refractivity contribution in [1.82, 2.24) is 14.8 Å². The molecule has 2 heterocycles. The van der Waals surface area contributed by atoms with Gasteiger partial charge in [-0.15, -0.1) is 23.4 Å². The average Bonchev–Trinajstić information content (AvgIpc) is 3.24. The molecule has 1 amide bonds. The molecule has 7 nitrogen and oxygen atoms in total. The van der Waals surface area contributed by atoms with Gasteiger partial charge in [0.2, 0.25) is 5.91 Å². The summed E-state index contributed by atoms with van der Waals surface area (Å²) in [6.45, 7) is 8.87. The zero-order valence-corrected chi connectivity index (χ0v) is 18.4. The molecule has 0 aliphatic carbocycles. The van der Waals surface area contributed by atoms with E-state index in [0.717, 1.165) is 5.69 Å². The van der Waals surface area contributed by atoms with Gasteiger partial charge in [0.15, 0.2) is 28.6 Å². The van der Waals surface area contributed by atoms with Gasteiger partial charge >= 0.3 is 0 Å². The number of carbonyl (C=O) groups excluding carboxylic acids is 1. The van der Waals surface area contributed by atoms with Crippen molar-refractivity contribution in [2.75, 3.05) is 23.8 Å². The zero-order valence-electron chi connectivity index (χ0n) is 17.6. The summed E-state index contributed by atoms with van der Waals surface area (Å²) < 4.78 is 13.8. The lowest BCUT2D eigenvalue weighted by Gasteiger charge is -2.26. The Hall–Kier alpha value is -3.52. The maximum Gasteiger partial charge on any atom is 0.237 e. The van der Waals surface area contributed by atoms with Crippen molar-refractivity contribution < 1.29 is 14.3 Å². The Balaban J connectivity index is 1.50. The van der Waals surface area contributed by atoms with Gasteiger partial charge in [-0.05, 0) is 24.3 Å². The van der Waals surface area contributed by atoms with Gasteiger partial charge in [-0.2, -0.15) is 0 Å². The van der Waals surface area contributed by atoms with Gasteiger partial charge in [-0.1, -0.05) is 54.2 Å². The number of benzene rings is 2. The Labute approximate surface area is 191 Å². The Morgan fingerprint density at radius 3 is 2.59 bits per heavy atom. The Morgan fingerprint density at radius 1 is 1.09 bits per heavy atom. The van der Waals surface area contributed by atoms with Crippen molar-refractivity contribution >= 4 is 23.4 Å². The summed E-state index contributed by atoms with van der Waals surface area (Å²) in [6.07, 6.45) is 3.08. The second-order valence-corrected chi connectivity index (χ2v) is 7.96. The highest BCUT2D eigenvalue weighted by Crippen LogP contribution is 2.36. The predicted octanol–water partition coefficient (Wildman–Crippen LogP) is 4.29. The summed E-state index contributed by atoms with van der Waals surface area (Å²) in [4.78, 5) is 14.7. The smallest absolute Gasteiger partial charge is 0.237 e. The van der Waals surface area contributed by atoms with E-state index in [2.05, 4.69) is 23.4 Å². The van der Waals surface area contributed by atoms with Crippen LogP contribution < -0.4 is 14.4 Å². The number of amides is 1. The van der Waals surface area contributed by atoms with Crippen LogP contribution in [-0.4, -0.2) is 39.6 Å². The summed E-state index contributed by atoms with van der Waals surface area (Å²) in [5, 5.41) is 9.29. The van der Waals surface area contributed by atoms with E-state index in [4.69, 9.17) is 9.47 Å². The van der Waals surface area contributed by atoms with Crippen LogP contribution in [0.1, 0.15) is 11.9 Å². The predicted molar refractivity (Wildman–Crippen MR) is 125 cm³/mol. The van der Waals surface area contributed by atoms with E-state index in [-0.39, 0.29) is 11.7 Å². The third kappa shape index (κ3) is 4.70. The van der Waals surface area contributed by atoms with E-state index < -0.39 is 6.10 Å². The van der Waals surface area contributed by atoms with E-state index in [1.165, 1.54) is 11.8 Å². The number of ether oxygens (including phenoxy) is 2. The number of rotatable bonds is 9. The first-order chi connectivity index (χ1) is 15.7. The van der Waals surface area contributed by atoms with Gasteiger partial charge in [0.1, 0.15) is 6.61 Å². The molecule has 1 aliphatic heterocycles. The molecule has 1 atom stereocenters. The summed E-state index contributed by atoms with van der Waals surface area (Å²) in [7, 11) is 0. The molecule has 0 bridgehead atoms. The number of thioether (sulfide) groups is 1. The number of nitrogens with zero attached hydrogens (tertiary/aromatic N) is 4. The minimum absolute atomic E-state index is 0.0398. The van der Waals surface area contributed by atoms with Crippen molar-refractivity contribution in [2.24, 2.45) is 0 Å². The molecule has 4 rings (SSSR count). The molecule has 1 aliphatic rings. The fourth-order valence-electron chi connectivity index (χ4n) is 3.38. The molecule has 0 saturated heterocycles. The van der Waals surface area contributed by atoms with Gasteiger partial charge in [0, 0.05) is 18.8 Å². The SMILES string of the molecule is C=CCN(C(=O)CSc1nnc([C@@H]2COc3ccccc3O2)n1CC=C)c1ccccc1. The van der Waals surface area contributed by atoms with Crippen LogP contribution in [0.3, 0.4) is 0 Å². The fraction of sp³-hybridized carbons (Fsp3) is 0.208. The first kappa shape index (κ1) is 21.7. The first-order valence-corrected chi connectivity index (χ1v) is 11.2. The Kier molecular flexibility index (Phi) is 6.91. The highest BCUT2D eigenvalue weighted by Gasteiger charge is 2.28. The standard InChI is InChI=1S/C24H24N4O3S/c1-3-14-27(18-10-6-5-7-11-18)22(29)17-32-24-26-25-23(28(24)15-4-2)21-16-30-19-12-8-9-13-20(19)31-21/h3-13,21H,1-2,14-17H2/t21-/m0/s1. The fourth-order valence-corrected chi connectivity index (χ4v) is 4.22. The number of fused-ring (bicyclic) bond motifs is 1. The van der Waals surface area contributed by atoms with Crippen molar-refractivity contribution in [1.29, 1.82) is 0 Å². The number of carbonyl (C=O) groups is 1. The van der Waals surface area contributed by atoms with Gasteiger partial charge in [-0.25, -0.2) is 0 Å². The molecule has 0 N–H and O–H groups in total. The van der Waals surface area contributed by atoms with Crippen LogP contribution in [0.2, 0.25) is 0 Å². The van der Waals surface area contributed by atoms with Crippen LogP contribution in [0.15, 0.2) is 85.1 Å². The number of hydrogen-bond acceptors (Lipinski definition) is 6. The maximum atomic E-state index is 13.0. The van der Waals surface area contributed by atoms with E-state index >= 15 is 0 Å². The van der Waals surface area contributed by atoms with Crippen molar-refractivity contribution in [3.63, 3.8) is 0 Å². The Bertz CT molecular complexity index is 1100. The van der Waals surface area contributed by atoms with E-state index in [0.29, 0.717) is 42.2 Å². The second-order valence-electron chi connectivity index (χ2n) is 7.02. The quantitative estimate of drug-likeness (QED) is 0.359. The van der Waals surface area contributed by atoms with Gasteiger partial charge in [-0.3, -0.25) is 9.36 Å². The van der Waals surface area contributed by atoms with Crippen LogP contribution in [-0.2, 0) is 11.3 Å².